The van der Waals surface area contributed by atoms with Crippen molar-refractivity contribution in [2.75, 3.05) is 13.2 Å². The number of phenolic OH excluding ortho intramolecular Hbond substituents is 1. The minimum Gasteiger partial charge on any atom is -0.504 e. The predicted molar refractivity (Wildman–Crippen MR) is 52.7 cm³/mol. The molecular weight excluding hydrogens is 239 g/mol. The van der Waals surface area contributed by atoms with Crippen molar-refractivity contribution in [1.82, 2.24) is 5.32 Å². The van der Waals surface area contributed by atoms with Crippen molar-refractivity contribution in [2.45, 2.75) is 6.18 Å². The Morgan fingerprint density at radius 3 is 2.59 bits per heavy atom. The lowest BCUT2D eigenvalue weighted by molar-refractivity contribution is -0.139. The number of alkyl halides is 3. The second-order valence-electron chi connectivity index (χ2n) is 3.15. The van der Waals surface area contributed by atoms with Gasteiger partial charge >= 0.3 is 6.18 Å². The van der Waals surface area contributed by atoms with Crippen LogP contribution >= 0.6 is 0 Å². The average molecular weight is 249 g/mol. The first-order valence-electron chi connectivity index (χ1n) is 4.63. The molecule has 4 nitrogen and oxygen atoms in total. The number of ether oxygens (including phenoxy) is 1. The van der Waals surface area contributed by atoms with Crippen molar-refractivity contribution >= 4 is 5.91 Å². The maximum Gasteiger partial charge on any atom is 0.405 e. The van der Waals surface area contributed by atoms with Gasteiger partial charge in [-0.25, -0.2) is 0 Å². The Morgan fingerprint density at radius 2 is 2.00 bits per heavy atom. The van der Waals surface area contributed by atoms with Gasteiger partial charge in [0.1, 0.15) is 6.54 Å². The minimum atomic E-state index is -4.45. The Labute approximate surface area is 95.0 Å². The quantitative estimate of drug-likeness (QED) is 0.849. The third-order valence-electron chi connectivity index (χ3n) is 1.71. The van der Waals surface area contributed by atoms with Crippen molar-refractivity contribution in [1.29, 1.82) is 0 Å². The van der Waals surface area contributed by atoms with Crippen LogP contribution in [0, 0.1) is 0 Å². The van der Waals surface area contributed by atoms with Crippen LogP contribution in [0.3, 0.4) is 0 Å². The van der Waals surface area contributed by atoms with Crippen molar-refractivity contribution in [3.05, 3.63) is 24.3 Å². The molecule has 0 spiro atoms. The number of nitrogens with one attached hydrogen (secondary N) is 1. The zero-order valence-corrected chi connectivity index (χ0v) is 8.62. The van der Waals surface area contributed by atoms with Gasteiger partial charge in [0, 0.05) is 0 Å². The Kier molecular flexibility index (Phi) is 4.19. The molecule has 1 rings (SSSR count). The molecule has 0 bridgehead atoms. The maximum atomic E-state index is 11.7. The summed E-state index contributed by atoms with van der Waals surface area (Å²) in [5.41, 5.74) is 0. The molecule has 0 radical (unpaired) electrons. The smallest absolute Gasteiger partial charge is 0.405 e. The summed E-state index contributed by atoms with van der Waals surface area (Å²) >= 11 is 0. The third-order valence-corrected chi connectivity index (χ3v) is 1.71. The lowest BCUT2D eigenvalue weighted by Gasteiger charge is -2.10. The highest BCUT2D eigenvalue weighted by Gasteiger charge is 2.27. The standard InChI is InChI=1S/C10H10F3NO3/c11-10(12,13)6-14-9(16)5-17-8-4-2-1-3-7(8)15/h1-4,15H,5-6H2,(H,14,16). The number of aromatic hydroxyl groups is 1. The first-order chi connectivity index (χ1) is 7.88. The van der Waals surface area contributed by atoms with E-state index in [9.17, 15) is 23.1 Å². The van der Waals surface area contributed by atoms with Crippen LogP contribution in [-0.2, 0) is 4.79 Å². The van der Waals surface area contributed by atoms with Crippen molar-refractivity contribution in [2.24, 2.45) is 0 Å². The molecule has 17 heavy (non-hydrogen) atoms. The van der Waals surface area contributed by atoms with Gasteiger partial charge in [-0.2, -0.15) is 13.2 Å². The van der Waals surface area contributed by atoms with Gasteiger partial charge in [-0.1, -0.05) is 12.1 Å². The predicted octanol–water partition coefficient (Wildman–Crippen LogP) is 1.45. The minimum absolute atomic E-state index is 0.0367. The van der Waals surface area contributed by atoms with E-state index in [1.165, 1.54) is 12.1 Å². The number of benzene rings is 1. The number of carbonyl (C=O) groups is 1. The Bertz CT molecular complexity index is 393. The van der Waals surface area contributed by atoms with Gasteiger partial charge in [-0.15, -0.1) is 0 Å². The first kappa shape index (κ1) is 13.1. The van der Waals surface area contributed by atoms with E-state index < -0.39 is 25.2 Å². The van der Waals surface area contributed by atoms with E-state index in [2.05, 4.69) is 0 Å². The molecule has 0 aromatic heterocycles. The Hall–Kier alpha value is -1.92. The van der Waals surface area contributed by atoms with Crippen LogP contribution in [0.2, 0.25) is 0 Å². The summed E-state index contributed by atoms with van der Waals surface area (Å²) in [6, 6.07) is 5.84. The van der Waals surface area contributed by atoms with Crippen LogP contribution in [0.15, 0.2) is 24.3 Å². The molecule has 94 valence electrons. The third kappa shape index (κ3) is 5.10. The molecule has 7 heteroatoms. The number of amides is 1. The van der Waals surface area contributed by atoms with Crippen LogP contribution in [0.4, 0.5) is 13.2 Å². The Balaban J connectivity index is 2.36. The fourth-order valence-corrected chi connectivity index (χ4v) is 0.972. The van der Waals surface area contributed by atoms with Gasteiger partial charge in [0.2, 0.25) is 0 Å². The fourth-order valence-electron chi connectivity index (χ4n) is 0.972. The van der Waals surface area contributed by atoms with Gasteiger partial charge in [0.05, 0.1) is 0 Å². The number of rotatable bonds is 4. The summed E-state index contributed by atoms with van der Waals surface area (Å²) in [7, 11) is 0. The number of halogens is 3. The molecule has 0 aliphatic carbocycles. The summed E-state index contributed by atoms with van der Waals surface area (Å²) in [5, 5.41) is 10.9. The van der Waals surface area contributed by atoms with E-state index in [-0.39, 0.29) is 11.5 Å². The van der Waals surface area contributed by atoms with Gasteiger partial charge in [-0.05, 0) is 12.1 Å². The molecular formula is C10H10F3NO3. The summed E-state index contributed by atoms with van der Waals surface area (Å²) in [6.07, 6.45) is -4.45. The van der Waals surface area contributed by atoms with Gasteiger partial charge in [0.25, 0.3) is 5.91 Å². The van der Waals surface area contributed by atoms with Gasteiger partial charge in [0.15, 0.2) is 18.1 Å². The molecule has 1 amide bonds. The highest BCUT2D eigenvalue weighted by molar-refractivity contribution is 5.77. The van der Waals surface area contributed by atoms with Gasteiger partial charge < -0.3 is 15.2 Å². The molecule has 0 fully saturated rings. The number of para-hydroxylation sites is 2. The van der Waals surface area contributed by atoms with Crippen LogP contribution in [0.25, 0.3) is 0 Å². The van der Waals surface area contributed by atoms with E-state index in [4.69, 9.17) is 4.74 Å². The molecule has 1 aromatic carbocycles. The van der Waals surface area contributed by atoms with E-state index in [1.54, 1.807) is 17.4 Å². The van der Waals surface area contributed by atoms with Crippen LogP contribution < -0.4 is 10.1 Å². The lowest BCUT2D eigenvalue weighted by Crippen LogP contribution is -2.36. The molecule has 0 heterocycles. The molecule has 0 aliphatic heterocycles. The summed E-state index contributed by atoms with van der Waals surface area (Å²) in [6.45, 7) is -2.00. The normalized spacial score (nSPS) is 11.0. The molecule has 0 saturated carbocycles. The zero-order chi connectivity index (χ0) is 12.9. The molecule has 2 N–H and O–H groups in total. The summed E-state index contributed by atoms with van der Waals surface area (Å²) in [4.78, 5) is 11.0. The average Bonchev–Trinajstić information content (AvgIpc) is 2.24. The zero-order valence-electron chi connectivity index (χ0n) is 8.62. The van der Waals surface area contributed by atoms with Crippen molar-refractivity contribution in [3.8, 4) is 11.5 Å². The molecule has 0 unspecified atom stereocenters. The SMILES string of the molecule is O=C(COc1ccccc1O)NCC(F)(F)F. The fraction of sp³-hybridized carbons (Fsp3) is 0.300. The number of carbonyl (C=O) groups excluding carboxylic acids is 1. The summed E-state index contributed by atoms with van der Waals surface area (Å²) in [5.74, 6) is -1.06. The van der Waals surface area contributed by atoms with Crippen LogP contribution in [-0.4, -0.2) is 30.3 Å². The number of phenols is 1. The monoisotopic (exact) mass is 249 g/mol. The van der Waals surface area contributed by atoms with Crippen molar-refractivity contribution < 1.29 is 27.8 Å². The van der Waals surface area contributed by atoms with Gasteiger partial charge in [-0.3, -0.25) is 4.79 Å². The lowest BCUT2D eigenvalue weighted by atomic mass is 10.3. The highest BCUT2D eigenvalue weighted by Crippen LogP contribution is 2.23. The molecule has 0 atom stereocenters. The maximum absolute atomic E-state index is 11.7. The van der Waals surface area contributed by atoms with E-state index >= 15 is 0 Å². The van der Waals surface area contributed by atoms with E-state index in [1.807, 2.05) is 0 Å². The second kappa shape index (κ2) is 5.42. The Morgan fingerprint density at radius 1 is 1.35 bits per heavy atom. The van der Waals surface area contributed by atoms with E-state index in [0.717, 1.165) is 0 Å². The highest BCUT2D eigenvalue weighted by atomic mass is 19.4. The first-order valence-corrected chi connectivity index (χ1v) is 4.63. The summed E-state index contributed by atoms with van der Waals surface area (Å²) < 4.78 is 40.1. The number of hydrogen-bond acceptors (Lipinski definition) is 3. The van der Waals surface area contributed by atoms with Crippen molar-refractivity contribution in [3.63, 3.8) is 0 Å². The molecule has 0 saturated heterocycles. The number of hydrogen-bond donors (Lipinski definition) is 2. The topological polar surface area (TPSA) is 58.6 Å². The van der Waals surface area contributed by atoms with E-state index in [0.29, 0.717) is 0 Å². The molecule has 0 aliphatic rings. The van der Waals surface area contributed by atoms with Crippen LogP contribution in [0.1, 0.15) is 0 Å². The molecule has 1 aromatic rings. The largest absolute Gasteiger partial charge is 0.504 e. The van der Waals surface area contributed by atoms with Crippen LogP contribution in [0.5, 0.6) is 11.5 Å². The second-order valence-corrected chi connectivity index (χ2v) is 3.15.